The molecule has 0 spiro atoms. The monoisotopic (exact) mass is 486 g/mol. The molecule has 0 saturated carbocycles. The lowest BCUT2D eigenvalue weighted by molar-refractivity contribution is -0.136. The summed E-state index contributed by atoms with van der Waals surface area (Å²) >= 11 is 1.65. The molecular formula is C27H30N6OS. The molecule has 0 N–H and O–H groups in total. The third-order valence-electron chi connectivity index (χ3n) is 7.44. The predicted octanol–water partition coefficient (Wildman–Crippen LogP) is 4.42. The highest BCUT2D eigenvalue weighted by atomic mass is 32.1. The van der Waals surface area contributed by atoms with E-state index in [1.165, 1.54) is 16.8 Å². The van der Waals surface area contributed by atoms with E-state index < -0.39 is 0 Å². The lowest BCUT2D eigenvalue weighted by Crippen LogP contribution is -2.52. The SMILES string of the molecule is Cc1ccc(N2CCN(C(=O)C3CCN(c4ncnc5c4sc4ncccc45)CC3)CC2)c(C)c1. The molecule has 35 heavy (non-hydrogen) atoms. The minimum absolute atomic E-state index is 0.0975. The van der Waals surface area contributed by atoms with Crippen LogP contribution in [0.3, 0.4) is 0 Å². The Bertz CT molecular complexity index is 1390. The van der Waals surface area contributed by atoms with Crippen molar-refractivity contribution in [1.29, 1.82) is 0 Å². The number of piperidine rings is 1. The molecule has 8 heteroatoms. The van der Waals surface area contributed by atoms with Gasteiger partial charge in [0.25, 0.3) is 0 Å². The van der Waals surface area contributed by atoms with Crippen molar-refractivity contribution in [2.45, 2.75) is 26.7 Å². The summed E-state index contributed by atoms with van der Waals surface area (Å²) in [7, 11) is 0. The fourth-order valence-corrected chi connectivity index (χ4v) is 6.66. The third-order valence-corrected chi connectivity index (χ3v) is 8.54. The summed E-state index contributed by atoms with van der Waals surface area (Å²) in [4.78, 5) is 34.8. The summed E-state index contributed by atoms with van der Waals surface area (Å²) in [6.45, 7) is 9.38. The minimum atomic E-state index is 0.0975. The fraction of sp³-hybridized carbons (Fsp3) is 0.407. The van der Waals surface area contributed by atoms with Crippen LogP contribution in [0.25, 0.3) is 20.4 Å². The first-order valence-corrected chi connectivity index (χ1v) is 13.2. The lowest BCUT2D eigenvalue weighted by atomic mass is 9.95. The van der Waals surface area contributed by atoms with Crippen LogP contribution in [0.5, 0.6) is 0 Å². The zero-order valence-corrected chi connectivity index (χ0v) is 21.1. The molecule has 7 nitrogen and oxygen atoms in total. The van der Waals surface area contributed by atoms with E-state index in [4.69, 9.17) is 0 Å². The summed E-state index contributed by atoms with van der Waals surface area (Å²) in [5, 5.41) is 1.08. The first kappa shape index (κ1) is 22.2. The van der Waals surface area contributed by atoms with Gasteiger partial charge in [0.1, 0.15) is 17.0 Å². The summed E-state index contributed by atoms with van der Waals surface area (Å²) < 4.78 is 1.09. The van der Waals surface area contributed by atoms with Crippen LogP contribution in [-0.2, 0) is 4.79 Å². The molecule has 6 rings (SSSR count). The average molecular weight is 487 g/mol. The minimum Gasteiger partial charge on any atom is -0.368 e. The van der Waals surface area contributed by atoms with Crippen LogP contribution in [0, 0.1) is 19.8 Å². The molecule has 2 fully saturated rings. The smallest absolute Gasteiger partial charge is 0.225 e. The quantitative estimate of drug-likeness (QED) is 0.427. The number of anilines is 2. The molecule has 0 aliphatic carbocycles. The van der Waals surface area contributed by atoms with Crippen molar-refractivity contribution < 1.29 is 4.79 Å². The van der Waals surface area contributed by atoms with E-state index in [0.29, 0.717) is 5.91 Å². The maximum Gasteiger partial charge on any atom is 0.225 e. The zero-order chi connectivity index (χ0) is 23.9. The topological polar surface area (TPSA) is 65.5 Å². The molecule has 0 unspecified atom stereocenters. The third kappa shape index (κ3) is 4.10. The Hall–Kier alpha value is -3.26. The van der Waals surface area contributed by atoms with Gasteiger partial charge in [0.15, 0.2) is 0 Å². The Morgan fingerprint density at radius 1 is 0.943 bits per heavy atom. The second kappa shape index (κ2) is 9.07. The number of carbonyl (C=O) groups is 1. The maximum absolute atomic E-state index is 13.3. The summed E-state index contributed by atoms with van der Waals surface area (Å²) in [6, 6.07) is 10.7. The van der Waals surface area contributed by atoms with Crippen molar-refractivity contribution in [2.75, 3.05) is 49.1 Å². The second-order valence-corrected chi connectivity index (χ2v) is 10.7. The molecule has 0 bridgehead atoms. The molecule has 1 amide bonds. The Morgan fingerprint density at radius 2 is 1.74 bits per heavy atom. The van der Waals surface area contributed by atoms with Crippen molar-refractivity contribution >= 4 is 49.2 Å². The molecule has 180 valence electrons. The van der Waals surface area contributed by atoms with Gasteiger partial charge < -0.3 is 14.7 Å². The van der Waals surface area contributed by atoms with Gasteiger partial charge in [-0.05, 0) is 50.5 Å². The van der Waals surface area contributed by atoms with Gasteiger partial charge in [-0.1, -0.05) is 17.7 Å². The van der Waals surface area contributed by atoms with Crippen molar-refractivity contribution in [3.8, 4) is 0 Å². The Labute approximate surface area is 209 Å². The van der Waals surface area contributed by atoms with E-state index in [1.807, 2.05) is 12.3 Å². The van der Waals surface area contributed by atoms with Gasteiger partial charge in [-0.3, -0.25) is 4.79 Å². The predicted molar refractivity (Wildman–Crippen MR) is 142 cm³/mol. The molecule has 2 aliphatic heterocycles. The number of nitrogens with zero attached hydrogens (tertiary/aromatic N) is 6. The van der Waals surface area contributed by atoms with Crippen LogP contribution in [0.15, 0.2) is 42.9 Å². The van der Waals surface area contributed by atoms with Crippen LogP contribution in [-0.4, -0.2) is 65.0 Å². The van der Waals surface area contributed by atoms with Gasteiger partial charge in [-0.25, -0.2) is 15.0 Å². The zero-order valence-electron chi connectivity index (χ0n) is 20.3. The maximum atomic E-state index is 13.3. The Balaban J connectivity index is 1.09. The van der Waals surface area contributed by atoms with E-state index in [1.54, 1.807) is 17.7 Å². The number of piperazine rings is 1. The van der Waals surface area contributed by atoms with E-state index in [2.05, 4.69) is 67.8 Å². The first-order valence-electron chi connectivity index (χ1n) is 12.4. The number of hydrogen-bond donors (Lipinski definition) is 0. The van der Waals surface area contributed by atoms with Gasteiger partial charge in [-0.2, -0.15) is 0 Å². The number of aromatic nitrogens is 3. The summed E-state index contributed by atoms with van der Waals surface area (Å²) in [5.41, 5.74) is 4.87. The highest BCUT2D eigenvalue weighted by molar-refractivity contribution is 7.25. The normalized spacial score (nSPS) is 17.5. The summed E-state index contributed by atoms with van der Waals surface area (Å²) in [6.07, 6.45) is 5.21. The molecule has 2 saturated heterocycles. The number of benzene rings is 1. The number of pyridine rings is 1. The van der Waals surface area contributed by atoms with E-state index in [9.17, 15) is 4.79 Å². The van der Waals surface area contributed by atoms with Gasteiger partial charge in [0.2, 0.25) is 5.91 Å². The Kier molecular flexibility index (Phi) is 5.76. The first-order chi connectivity index (χ1) is 17.1. The number of fused-ring (bicyclic) bond motifs is 3. The lowest BCUT2D eigenvalue weighted by Gasteiger charge is -2.40. The van der Waals surface area contributed by atoms with Gasteiger partial charge in [0.05, 0.1) is 10.2 Å². The highest BCUT2D eigenvalue weighted by Gasteiger charge is 2.31. The molecule has 4 aromatic rings. The number of thiophene rings is 1. The number of carbonyl (C=O) groups excluding carboxylic acids is 1. The summed E-state index contributed by atoms with van der Waals surface area (Å²) in [5.74, 6) is 1.40. The molecule has 2 aliphatic rings. The van der Waals surface area contributed by atoms with Crippen LogP contribution in [0.2, 0.25) is 0 Å². The number of rotatable bonds is 3. The highest BCUT2D eigenvalue weighted by Crippen LogP contribution is 2.37. The standard InChI is InChI=1S/C27H30N6OS/c1-18-5-6-22(19(2)16-18)31-12-14-33(15-13-31)27(34)20-7-10-32(11-8-20)25-24-23(29-17-30-25)21-4-3-9-28-26(21)35-24/h3-6,9,16-17,20H,7-8,10-15H2,1-2H3. The molecule has 0 radical (unpaired) electrons. The fourth-order valence-electron chi connectivity index (χ4n) is 5.55. The van der Waals surface area contributed by atoms with Crippen LogP contribution >= 0.6 is 11.3 Å². The second-order valence-electron chi connectivity index (χ2n) is 9.70. The van der Waals surface area contributed by atoms with E-state index >= 15 is 0 Å². The van der Waals surface area contributed by atoms with Crippen LogP contribution in [0.4, 0.5) is 11.5 Å². The number of hydrogen-bond acceptors (Lipinski definition) is 7. The molecule has 0 atom stereocenters. The Morgan fingerprint density at radius 3 is 2.51 bits per heavy atom. The molecule has 5 heterocycles. The van der Waals surface area contributed by atoms with Crippen molar-refractivity contribution in [1.82, 2.24) is 19.9 Å². The largest absolute Gasteiger partial charge is 0.368 e. The van der Waals surface area contributed by atoms with Gasteiger partial charge >= 0.3 is 0 Å². The molecular weight excluding hydrogens is 456 g/mol. The number of aryl methyl sites for hydroxylation is 2. The van der Waals surface area contributed by atoms with Crippen molar-refractivity contribution in [3.63, 3.8) is 0 Å². The van der Waals surface area contributed by atoms with Crippen LogP contribution < -0.4 is 9.80 Å². The van der Waals surface area contributed by atoms with Gasteiger partial charge in [-0.15, -0.1) is 11.3 Å². The van der Waals surface area contributed by atoms with Crippen LogP contribution in [0.1, 0.15) is 24.0 Å². The van der Waals surface area contributed by atoms with Crippen molar-refractivity contribution in [3.05, 3.63) is 54.0 Å². The van der Waals surface area contributed by atoms with E-state index in [-0.39, 0.29) is 5.92 Å². The average Bonchev–Trinajstić information content (AvgIpc) is 3.28. The number of amides is 1. The molecule has 1 aromatic carbocycles. The molecule has 3 aromatic heterocycles. The van der Waals surface area contributed by atoms with E-state index in [0.717, 1.165) is 78.4 Å². The van der Waals surface area contributed by atoms with Gasteiger partial charge in [0, 0.05) is 62.5 Å². The van der Waals surface area contributed by atoms with Crippen molar-refractivity contribution in [2.24, 2.45) is 5.92 Å².